The highest BCUT2D eigenvalue weighted by atomic mass is 35.5. The maximum absolute atomic E-state index is 13.7. The molecule has 0 radical (unpaired) electrons. The minimum Gasteiger partial charge on any atom is -0.496 e. The van der Waals surface area contributed by atoms with E-state index in [2.05, 4.69) is 5.32 Å². The molecule has 1 aliphatic heterocycles. The Morgan fingerprint density at radius 1 is 1.12 bits per heavy atom. The van der Waals surface area contributed by atoms with E-state index in [1.807, 2.05) is 29.1 Å². The summed E-state index contributed by atoms with van der Waals surface area (Å²) in [5.74, 6) is -0.214. The molecule has 178 valence electrons. The predicted octanol–water partition coefficient (Wildman–Crippen LogP) is 4.49. The molecule has 1 fully saturated rings. The van der Waals surface area contributed by atoms with Gasteiger partial charge in [-0.2, -0.15) is 0 Å². The van der Waals surface area contributed by atoms with Crippen molar-refractivity contribution in [3.8, 4) is 11.4 Å². The lowest BCUT2D eigenvalue weighted by molar-refractivity contribution is -0.126. The molecule has 8 heteroatoms. The highest BCUT2D eigenvalue weighted by Crippen LogP contribution is 2.31. The molecule has 0 saturated carbocycles. The van der Waals surface area contributed by atoms with Crippen LogP contribution in [0, 0.1) is 11.7 Å². The third-order valence-electron chi connectivity index (χ3n) is 6.19. The molecule has 3 aromatic rings. The second-order valence-corrected chi connectivity index (χ2v) is 8.70. The molecule has 4 rings (SSSR count). The number of aromatic nitrogens is 1. The number of hydrogen-bond donors (Lipinski definition) is 1. The molecule has 1 N–H and O–H groups in total. The number of nitrogens with zero attached hydrogens (tertiary/aromatic N) is 2. The maximum atomic E-state index is 13.7. The third kappa shape index (κ3) is 5.25. The molecular weight excluding hydrogens is 457 g/mol. The zero-order valence-electron chi connectivity index (χ0n) is 19.0. The molecule has 34 heavy (non-hydrogen) atoms. The van der Waals surface area contributed by atoms with Crippen LogP contribution in [0.5, 0.6) is 5.75 Å². The molecule has 0 unspecified atom stereocenters. The molecule has 6 nitrogen and oxygen atoms in total. The van der Waals surface area contributed by atoms with Crippen molar-refractivity contribution in [2.45, 2.75) is 19.3 Å². The molecular formula is C26H27ClFN3O3. The van der Waals surface area contributed by atoms with E-state index in [0.29, 0.717) is 60.8 Å². The standard InChI is InChI=1S/C26H27ClFN3O3/c1-34-24-17-23(30-12-4-5-13-30)21(27)16-20(24)26(33)31-14-9-19(10-15-31)25(32)29-11-8-18-6-2-3-7-22(18)28/h2-7,12-13,16-17,19H,8-11,14-15H2,1H3,(H,29,32). The Hall–Kier alpha value is -3.32. The average Bonchev–Trinajstić information content (AvgIpc) is 3.39. The number of halogens is 2. The van der Waals surface area contributed by atoms with Gasteiger partial charge in [0.25, 0.3) is 5.91 Å². The summed E-state index contributed by atoms with van der Waals surface area (Å²) in [5, 5.41) is 3.35. The Labute approximate surface area is 203 Å². The number of amides is 2. The highest BCUT2D eigenvalue weighted by molar-refractivity contribution is 6.33. The number of benzene rings is 2. The van der Waals surface area contributed by atoms with E-state index in [9.17, 15) is 14.0 Å². The SMILES string of the molecule is COc1cc(-n2cccc2)c(Cl)cc1C(=O)N1CCC(C(=O)NCCc2ccccc2F)CC1. The first-order valence-corrected chi connectivity index (χ1v) is 11.7. The fourth-order valence-corrected chi connectivity index (χ4v) is 4.51. The van der Waals surface area contributed by atoms with Crippen molar-refractivity contribution >= 4 is 23.4 Å². The zero-order chi connectivity index (χ0) is 24.1. The molecule has 2 aromatic carbocycles. The largest absolute Gasteiger partial charge is 0.496 e. The Morgan fingerprint density at radius 2 is 1.82 bits per heavy atom. The highest BCUT2D eigenvalue weighted by Gasteiger charge is 2.29. The fourth-order valence-electron chi connectivity index (χ4n) is 4.25. The number of rotatable bonds is 7. The maximum Gasteiger partial charge on any atom is 0.257 e. The van der Waals surface area contributed by atoms with Crippen LogP contribution in [0.1, 0.15) is 28.8 Å². The van der Waals surface area contributed by atoms with Gasteiger partial charge in [0.2, 0.25) is 5.91 Å². The average molecular weight is 484 g/mol. The Kier molecular flexibility index (Phi) is 7.53. The van der Waals surface area contributed by atoms with Gasteiger partial charge in [-0.1, -0.05) is 29.8 Å². The summed E-state index contributed by atoms with van der Waals surface area (Å²) in [6.45, 7) is 1.30. The van der Waals surface area contributed by atoms with Crippen LogP contribution in [0.3, 0.4) is 0 Å². The summed E-state index contributed by atoms with van der Waals surface area (Å²) < 4.78 is 21.1. The van der Waals surface area contributed by atoms with Crippen LogP contribution in [-0.2, 0) is 11.2 Å². The van der Waals surface area contributed by atoms with Gasteiger partial charge in [0.1, 0.15) is 11.6 Å². The Morgan fingerprint density at radius 3 is 2.50 bits per heavy atom. The summed E-state index contributed by atoms with van der Waals surface area (Å²) in [6.07, 6.45) is 5.31. The van der Waals surface area contributed by atoms with Gasteiger partial charge >= 0.3 is 0 Å². The molecule has 1 saturated heterocycles. The number of carbonyl (C=O) groups is 2. The molecule has 0 atom stereocenters. The van der Waals surface area contributed by atoms with Gasteiger partial charge < -0.3 is 19.5 Å². The quantitative estimate of drug-likeness (QED) is 0.538. The number of hydrogen-bond acceptors (Lipinski definition) is 3. The van der Waals surface area contributed by atoms with Gasteiger partial charge in [-0.15, -0.1) is 0 Å². The lowest BCUT2D eigenvalue weighted by Gasteiger charge is -2.32. The summed E-state index contributed by atoms with van der Waals surface area (Å²) in [5.41, 5.74) is 1.71. The van der Waals surface area contributed by atoms with E-state index in [1.54, 1.807) is 35.2 Å². The van der Waals surface area contributed by atoms with Crippen molar-refractivity contribution in [2.24, 2.45) is 5.92 Å². The second-order valence-electron chi connectivity index (χ2n) is 8.29. The minimum absolute atomic E-state index is 0.0554. The Balaban J connectivity index is 1.34. The third-order valence-corrected chi connectivity index (χ3v) is 6.49. The van der Waals surface area contributed by atoms with Crippen molar-refractivity contribution < 1.29 is 18.7 Å². The molecule has 0 bridgehead atoms. The van der Waals surface area contributed by atoms with Crippen LogP contribution in [-0.4, -0.2) is 48.0 Å². The molecule has 1 aliphatic rings. The number of piperidine rings is 1. The first-order valence-electron chi connectivity index (χ1n) is 11.3. The van der Waals surface area contributed by atoms with E-state index >= 15 is 0 Å². The van der Waals surface area contributed by atoms with Gasteiger partial charge in [0, 0.05) is 44.0 Å². The van der Waals surface area contributed by atoms with Crippen LogP contribution in [0.4, 0.5) is 4.39 Å². The zero-order valence-corrected chi connectivity index (χ0v) is 19.7. The van der Waals surface area contributed by atoms with E-state index in [1.165, 1.54) is 13.2 Å². The predicted molar refractivity (Wildman–Crippen MR) is 129 cm³/mol. The number of methoxy groups -OCH3 is 1. The molecule has 1 aromatic heterocycles. The second kappa shape index (κ2) is 10.7. The number of carbonyl (C=O) groups excluding carboxylic acids is 2. The van der Waals surface area contributed by atoms with Gasteiger partial charge in [0.15, 0.2) is 0 Å². The van der Waals surface area contributed by atoms with Crippen molar-refractivity contribution in [2.75, 3.05) is 26.7 Å². The molecule has 0 aliphatic carbocycles. The van der Waals surface area contributed by atoms with Crippen LogP contribution in [0.2, 0.25) is 5.02 Å². The summed E-state index contributed by atoms with van der Waals surface area (Å²) in [4.78, 5) is 27.5. The van der Waals surface area contributed by atoms with Crippen molar-refractivity contribution in [3.63, 3.8) is 0 Å². The van der Waals surface area contributed by atoms with Crippen molar-refractivity contribution in [1.82, 2.24) is 14.8 Å². The molecule has 0 spiro atoms. The Bertz CT molecular complexity index is 1160. The lowest BCUT2D eigenvalue weighted by Crippen LogP contribution is -2.43. The van der Waals surface area contributed by atoms with Crippen LogP contribution < -0.4 is 10.1 Å². The number of likely N-dealkylation sites (tertiary alicyclic amines) is 1. The summed E-state index contributed by atoms with van der Waals surface area (Å²) >= 11 is 6.48. The molecule has 2 amide bonds. The summed E-state index contributed by atoms with van der Waals surface area (Å²) in [7, 11) is 1.53. The van der Waals surface area contributed by atoms with Crippen LogP contribution in [0.25, 0.3) is 5.69 Å². The minimum atomic E-state index is -0.263. The number of nitrogens with one attached hydrogen (secondary N) is 1. The topological polar surface area (TPSA) is 63.6 Å². The smallest absolute Gasteiger partial charge is 0.257 e. The van der Waals surface area contributed by atoms with Gasteiger partial charge in [-0.05, 0) is 49.1 Å². The summed E-state index contributed by atoms with van der Waals surface area (Å²) in [6, 6.07) is 13.7. The van der Waals surface area contributed by atoms with E-state index in [4.69, 9.17) is 16.3 Å². The first-order chi connectivity index (χ1) is 16.5. The fraction of sp³-hybridized carbons (Fsp3) is 0.308. The van der Waals surface area contributed by atoms with Crippen LogP contribution >= 0.6 is 11.6 Å². The monoisotopic (exact) mass is 483 g/mol. The van der Waals surface area contributed by atoms with E-state index in [-0.39, 0.29) is 23.5 Å². The molecule has 2 heterocycles. The van der Waals surface area contributed by atoms with Crippen molar-refractivity contribution in [1.29, 1.82) is 0 Å². The van der Waals surface area contributed by atoms with E-state index in [0.717, 1.165) is 5.69 Å². The normalized spacial score (nSPS) is 14.1. The van der Waals surface area contributed by atoms with Crippen LogP contribution in [0.15, 0.2) is 60.9 Å². The van der Waals surface area contributed by atoms with E-state index < -0.39 is 0 Å². The van der Waals surface area contributed by atoms with Crippen molar-refractivity contribution in [3.05, 3.63) is 82.9 Å². The first kappa shape index (κ1) is 23.8. The van der Waals surface area contributed by atoms with Gasteiger partial charge in [-0.25, -0.2) is 4.39 Å². The van der Waals surface area contributed by atoms with Gasteiger partial charge in [0.05, 0.1) is 23.4 Å². The number of ether oxygens (including phenoxy) is 1. The van der Waals surface area contributed by atoms with Gasteiger partial charge in [-0.3, -0.25) is 9.59 Å². The lowest BCUT2D eigenvalue weighted by atomic mass is 9.95.